The van der Waals surface area contributed by atoms with Crippen LogP contribution in [0.3, 0.4) is 0 Å². The van der Waals surface area contributed by atoms with Gasteiger partial charge in [0, 0.05) is 11.8 Å². The van der Waals surface area contributed by atoms with Gasteiger partial charge in [0.2, 0.25) is 5.88 Å². The Morgan fingerprint density at radius 1 is 1.58 bits per heavy atom. The molecule has 0 aliphatic rings. The topological polar surface area (TPSA) is 35.0 Å². The normalized spacial score (nSPS) is 9.50. The van der Waals surface area contributed by atoms with Crippen LogP contribution < -0.4 is 4.74 Å². The molecule has 3 nitrogen and oxygen atoms in total. The van der Waals surface area contributed by atoms with E-state index in [2.05, 4.69) is 16.5 Å². The second-order valence-electron chi connectivity index (χ2n) is 2.34. The summed E-state index contributed by atoms with van der Waals surface area (Å²) < 4.78 is 5.23. The Labute approximate surface area is 72.1 Å². The maximum Gasteiger partial charge on any atom is 0.217 e. The van der Waals surface area contributed by atoms with Gasteiger partial charge in [-0.1, -0.05) is 6.58 Å². The Morgan fingerprint density at radius 3 is 2.92 bits per heavy atom. The van der Waals surface area contributed by atoms with Gasteiger partial charge < -0.3 is 4.74 Å². The molecule has 0 N–H and O–H groups in total. The minimum absolute atomic E-state index is 0.610. The zero-order valence-corrected chi connectivity index (χ0v) is 7.37. The van der Waals surface area contributed by atoms with E-state index in [1.165, 1.54) is 0 Å². The highest BCUT2D eigenvalue weighted by Crippen LogP contribution is 2.08. The van der Waals surface area contributed by atoms with E-state index in [1.54, 1.807) is 12.1 Å². The fourth-order valence-corrected chi connectivity index (χ4v) is 0.875. The molecule has 0 radical (unpaired) electrons. The lowest BCUT2D eigenvalue weighted by atomic mass is 10.4. The summed E-state index contributed by atoms with van der Waals surface area (Å²) in [5, 5.41) is 0. The Hall–Kier alpha value is -1.38. The molecule has 0 unspecified atom stereocenters. The van der Waals surface area contributed by atoms with Crippen LogP contribution in [0.25, 0.3) is 6.08 Å². The molecule has 1 heterocycles. The SMILES string of the molecule is C=Cc1nc(C)cc(OCC)n1. The van der Waals surface area contributed by atoms with Crippen LogP contribution in [0, 0.1) is 6.92 Å². The second-order valence-corrected chi connectivity index (χ2v) is 2.34. The van der Waals surface area contributed by atoms with Gasteiger partial charge >= 0.3 is 0 Å². The van der Waals surface area contributed by atoms with E-state index >= 15 is 0 Å². The molecule has 12 heavy (non-hydrogen) atoms. The summed E-state index contributed by atoms with van der Waals surface area (Å²) in [6.45, 7) is 8.03. The van der Waals surface area contributed by atoms with Gasteiger partial charge in [0.05, 0.1) is 6.61 Å². The lowest BCUT2D eigenvalue weighted by molar-refractivity contribution is 0.325. The van der Waals surface area contributed by atoms with Gasteiger partial charge in [0.25, 0.3) is 0 Å². The number of aryl methyl sites for hydroxylation is 1. The molecular weight excluding hydrogens is 152 g/mol. The molecule has 0 aromatic carbocycles. The Kier molecular flexibility index (Phi) is 2.80. The Bertz CT molecular complexity index is 284. The largest absolute Gasteiger partial charge is 0.478 e. The summed E-state index contributed by atoms with van der Waals surface area (Å²) in [6.07, 6.45) is 1.61. The Morgan fingerprint density at radius 2 is 2.33 bits per heavy atom. The zero-order chi connectivity index (χ0) is 8.97. The summed E-state index contributed by atoms with van der Waals surface area (Å²) in [5.41, 5.74) is 0.892. The van der Waals surface area contributed by atoms with Crippen molar-refractivity contribution in [2.24, 2.45) is 0 Å². The summed E-state index contributed by atoms with van der Waals surface area (Å²) in [7, 11) is 0. The molecule has 0 atom stereocenters. The number of rotatable bonds is 3. The van der Waals surface area contributed by atoms with E-state index < -0.39 is 0 Å². The van der Waals surface area contributed by atoms with Crippen molar-refractivity contribution >= 4 is 6.08 Å². The predicted octanol–water partition coefficient (Wildman–Crippen LogP) is 1.83. The maximum absolute atomic E-state index is 5.23. The first-order valence-corrected chi connectivity index (χ1v) is 3.87. The van der Waals surface area contributed by atoms with Crippen LogP contribution in [-0.4, -0.2) is 16.6 Å². The first-order valence-electron chi connectivity index (χ1n) is 3.87. The van der Waals surface area contributed by atoms with E-state index in [1.807, 2.05) is 13.8 Å². The lowest BCUT2D eigenvalue weighted by Crippen LogP contribution is -1.98. The molecule has 1 rings (SSSR count). The third kappa shape index (κ3) is 2.05. The van der Waals surface area contributed by atoms with Crippen LogP contribution in [0.4, 0.5) is 0 Å². The molecule has 0 aliphatic carbocycles. The molecule has 0 saturated heterocycles. The highest BCUT2D eigenvalue weighted by atomic mass is 16.5. The van der Waals surface area contributed by atoms with Crippen LogP contribution in [0.5, 0.6) is 5.88 Å². The van der Waals surface area contributed by atoms with Crippen molar-refractivity contribution in [2.75, 3.05) is 6.61 Å². The van der Waals surface area contributed by atoms with Gasteiger partial charge in [0.15, 0.2) is 5.82 Å². The van der Waals surface area contributed by atoms with Gasteiger partial charge in [-0.2, -0.15) is 4.98 Å². The van der Waals surface area contributed by atoms with Gasteiger partial charge in [-0.25, -0.2) is 4.98 Å². The molecule has 1 aromatic heterocycles. The van der Waals surface area contributed by atoms with Crippen LogP contribution in [0.15, 0.2) is 12.6 Å². The summed E-state index contributed by atoms with van der Waals surface area (Å²) in [4.78, 5) is 8.22. The number of hydrogen-bond acceptors (Lipinski definition) is 3. The first kappa shape index (κ1) is 8.71. The van der Waals surface area contributed by atoms with Gasteiger partial charge in [0.1, 0.15) is 0 Å². The predicted molar refractivity (Wildman–Crippen MR) is 48.0 cm³/mol. The molecule has 0 aliphatic heterocycles. The fraction of sp³-hybridized carbons (Fsp3) is 0.333. The fourth-order valence-electron chi connectivity index (χ4n) is 0.875. The van der Waals surface area contributed by atoms with Crippen LogP contribution in [-0.2, 0) is 0 Å². The number of aromatic nitrogens is 2. The van der Waals surface area contributed by atoms with Gasteiger partial charge in [-0.3, -0.25) is 0 Å². The summed E-state index contributed by atoms with van der Waals surface area (Å²) >= 11 is 0. The number of hydrogen-bond donors (Lipinski definition) is 0. The smallest absolute Gasteiger partial charge is 0.217 e. The molecule has 64 valence electrons. The standard InChI is InChI=1S/C9H12N2O/c1-4-8-10-7(3)6-9(11-8)12-5-2/h4,6H,1,5H2,2-3H3. The molecule has 3 heteroatoms. The summed E-state index contributed by atoms with van der Waals surface area (Å²) in [6, 6.07) is 1.80. The van der Waals surface area contributed by atoms with E-state index in [-0.39, 0.29) is 0 Å². The van der Waals surface area contributed by atoms with Gasteiger partial charge in [-0.15, -0.1) is 0 Å². The number of nitrogens with zero attached hydrogens (tertiary/aromatic N) is 2. The number of ether oxygens (including phenoxy) is 1. The monoisotopic (exact) mass is 164 g/mol. The highest BCUT2D eigenvalue weighted by molar-refractivity contribution is 5.37. The highest BCUT2D eigenvalue weighted by Gasteiger charge is 1.98. The van der Waals surface area contributed by atoms with Crippen LogP contribution in [0.2, 0.25) is 0 Å². The third-order valence-corrected chi connectivity index (χ3v) is 1.32. The van der Waals surface area contributed by atoms with Crippen LogP contribution >= 0.6 is 0 Å². The van der Waals surface area contributed by atoms with Crippen molar-refractivity contribution < 1.29 is 4.74 Å². The quantitative estimate of drug-likeness (QED) is 0.683. The minimum Gasteiger partial charge on any atom is -0.478 e. The van der Waals surface area contributed by atoms with Crippen LogP contribution in [0.1, 0.15) is 18.4 Å². The molecule has 0 fully saturated rings. The zero-order valence-electron chi connectivity index (χ0n) is 7.37. The minimum atomic E-state index is 0.610. The van der Waals surface area contributed by atoms with Crippen molar-refractivity contribution in [3.63, 3.8) is 0 Å². The van der Waals surface area contributed by atoms with Gasteiger partial charge in [-0.05, 0) is 19.9 Å². The Balaban J connectivity index is 2.97. The van der Waals surface area contributed by atoms with Crippen molar-refractivity contribution in [3.05, 3.63) is 24.2 Å². The van der Waals surface area contributed by atoms with E-state index in [0.29, 0.717) is 18.3 Å². The molecule has 0 bridgehead atoms. The first-order chi connectivity index (χ1) is 5.76. The van der Waals surface area contributed by atoms with E-state index in [0.717, 1.165) is 5.69 Å². The molecule has 0 spiro atoms. The lowest BCUT2D eigenvalue weighted by Gasteiger charge is -2.02. The molecule has 0 saturated carbocycles. The van der Waals surface area contributed by atoms with Crippen molar-refractivity contribution in [1.82, 2.24) is 9.97 Å². The molecule has 0 amide bonds. The van der Waals surface area contributed by atoms with E-state index in [4.69, 9.17) is 4.74 Å². The summed E-state index contributed by atoms with van der Waals surface area (Å²) in [5.74, 6) is 1.22. The van der Waals surface area contributed by atoms with E-state index in [9.17, 15) is 0 Å². The van der Waals surface area contributed by atoms with Crippen molar-refractivity contribution in [2.45, 2.75) is 13.8 Å². The average molecular weight is 164 g/mol. The van der Waals surface area contributed by atoms with Crippen molar-refractivity contribution in [1.29, 1.82) is 0 Å². The molecule has 1 aromatic rings. The third-order valence-electron chi connectivity index (χ3n) is 1.32. The maximum atomic E-state index is 5.23. The second kappa shape index (κ2) is 3.85. The molecular formula is C9H12N2O. The average Bonchev–Trinajstić information content (AvgIpc) is 2.04. The van der Waals surface area contributed by atoms with Crippen molar-refractivity contribution in [3.8, 4) is 5.88 Å².